The molecule has 0 spiro atoms. The van der Waals surface area contributed by atoms with Gasteiger partial charge in [0.1, 0.15) is 6.54 Å². The Morgan fingerprint density at radius 3 is 2.28 bits per heavy atom. The minimum Gasteiger partial charge on any atom is -0.480 e. The largest absolute Gasteiger partial charge is 0.480 e. The van der Waals surface area contributed by atoms with E-state index < -0.39 is 21.8 Å². The summed E-state index contributed by atoms with van der Waals surface area (Å²) >= 11 is 0. The number of aliphatic carboxylic acids is 1. The topological polar surface area (TPSA) is 95.0 Å². The number of hydrogen-bond donors (Lipinski definition) is 1. The van der Waals surface area contributed by atoms with Crippen LogP contribution in [0.25, 0.3) is 0 Å². The number of sulfone groups is 1. The van der Waals surface area contributed by atoms with Crippen LogP contribution in [0.1, 0.15) is 13.3 Å². The molecule has 1 rings (SSSR count). The molecule has 0 unspecified atom stereocenters. The molecule has 0 radical (unpaired) electrons. The number of nitrogens with zero attached hydrogens (tertiary/aromatic N) is 2. The second-order valence-corrected chi connectivity index (χ2v) is 6.54. The lowest BCUT2D eigenvalue weighted by Gasteiger charge is -2.32. The Labute approximate surface area is 106 Å². The van der Waals surface area contributed by atoms with E-state index in [1.165, 1.54) is 9.80 Å². The zero-order valence-electron chi connectivity index (χ0n) is 10.3. The van der Waals surface area contributed by atoms with Crippen LogP contribution in [0.4, 0.5) is 4.79 Å². The van der Waals surface area contributed by atoms with Gasteiger partial charge >= 0.3 is 12.0 Å². The molecule has 0 bridgehead atoms. The average molecular weight is 278 g/mol. The molecular weight excluding hydrogens is 260 g/mol. The lowest BCUT2D eigenvalue weighted by Crippen LogP contribution is -2.51. The van der Waals surface area contributed by atoms with Crippen LogP contribution in [-0.2, 0) is 14.6 Å². The average Bonchev–Trinajstić information content (AvgIpc) is 2.27. The second kappa shape index (κ2) is 6.03. The zero-order chi connectivity index (χ0) is 13.8. The fourth-order valence-corrected chi connectivity index (χ4v) is 2.98. The van der Waals surface area contributed by atoms with E-state index in [0.717, 1.165) is 0 Å². The van der Waals surface area contributed by atoms with E-state index in [2.05, 4.69) is 0 Å². The molecule has 0 saturated carbocycles. The van der Waals surface area contributed by atoms with E-state index in [9.17, 15) is 18.0 Å². The van der Waals surface area contributed by atoms with Crippen LogP contribution in [0.3, 0.4) is 0 Å². The van der Waals surface area contributed by atoms with Crippen LogP contribution < -0.4 is 0 Å². The number of amides is 2. The Morgan fingerprint density at radius 1 is 1.28 bits per heavy atom. The molecule has 1 aliphatic heterocycles. The highest BCUT2D eigenvalue weighted by molar-refractivity contribution is 7.91. The number of carboxylic acid groups (broad SMARTS) is 1. The van der Waals surface area contributed by atoms with Gasteiger partial charge in [-0.3, -0.25) is 4.79 Å². The van der Waals surface area contributed by atoms with Crippen molar-refractivity contribution in [1.82, 2.24) is 9.80 Å². The molecular formula is C10H18N2O5S. The van der Waals surface area contributed by atoms with Crippen LogP contribution in [0.5, 0.6) is 0 Å². The Balaban J connectivity index is 2.63. The summed E-state index contributed by atoms with van der Waals surface area (Å²) in [6, 6.07) is -0.394. The molecule has 1 saturated heterocycles. The number of rotatable bonds is 4. The molecule has 0 aromatic rings. The number of carbonyl (C=O) groups is 2. The first-order chi connectivity index (χ1) is 8.35. The predicted molar refractivity (Wildman–Crippen MR) is 65.1 cm³/mol. The van der Waals surface area contributed by atoms with Crippen molar-refractivity contribution in [1.29, 1.82) is 0 Å². The fourth-order valence-electron chi connectivity index (χ4n) is 1.78. The summed E-state index contributed by atoms with van der Waals surface area (Å²) in [5, 5.41) is 8.73. The van der Waals surface area contributed by atoms with Gasteiger partial charge in [0.2, 0.25) is 0 Å². The van der Waals surface area contributed by atoms with Gasteiger partial charge in [-0.2, -0.15) is 0 Å². The van der Waals surface area contributed by atoms with Crippen LogP contribution in [-0.4, -0.2) is 73.0 Å². The van der Waals surface area contributed by atoms with Crippen LogP contribution in [0, 0.1) is 0 Å². The minimum absolute atomic E-state index is 0.0498. The number of urea groups is 1. The third-order valence-electron chi connectivity index (χ3n) is 2.71. The van der Waals surface area contributed by atoms with Gasteiger partial charge in [0.05, 0.1) is 11.5 Å². The van der Waals surface area contributed by atoms with Crippen molar-refractivity contribution in [2.45, 2.75) is 13.3 Å². The van der Waals surface area contributed by atoms with E-state index in [1.807, 2.05) is 6.92 Å². The molecule has 18 heavy (non-hydrogen) atoms. The second-order valence-electron chi connectivity index (χ2n) is 4.24. The van der Waals surface area contributed by atoms with E-state index in [4.69, 9.17) is 5.11 Å². The van der Waals surface area contributed by atoms with E-state index in [1.54, 1.807) is 0 Å². The maximum atomic E-state index is 12.0. The van der Waals surface area contributed by atoms with Crippen molar-refractivity contribution in [2.24, 2.45) is 0 Å². The van der Waals surface area contributed by atoms with Crippen molar-refractivity contribution < 1.29 is 23.1 Å². The van der Waals surface area contributed by atoms with E-state index >= 15 is 0 Å². The molecule has 0 aliphatic carbocycles. The lowest BCUT2D eigenvalue weighted by molar-refractivity contribution is -0.137. The summed E-state index contributed by atoms with van der Waals surface area (Å²) in [6.07, 6.45) is 0.658. The molecule has 1 aliphatic rings. The summed E-state index contributed by atoms with van der Waals surface area (Å²) in [7, 11) is -3.04. The molecule has 1 fully saturated rings. The van der Waals surface area contributed by atoms with Gasteiger partial charge < -0.3 is 14.9 Å². The first-order valence-corrected chi connectivity index (χ1v) is 7.64. The SMILES string of the molecule is CCCN(CC(=O)O)C(=O)N1CCS(=O)(=O)CC1. The molecule has 0 atom stereocenters. The Bertz CT molecular complexity index is 406. The van der Waals surface area contributed by atoms with E-state index in [-0.39, 0.29) is 31.1 Å². The summed E-state index contributed by atoms with van der Waals surface area (Å²) in [5.74, 6) is -1.17. The first kappa shape index (κ1) is 14.7. The van der Waals surface area contributed by atoms with Crippen LogP contribution in [0.15, 0.2) is 0 Å². The molecule has 8 heteroatoms. The van der Waals surface area contributed by atoms with Gasteiger partial charge in [-0.05, 0) is 6.42 Å². The summed E-state index contributed by atoms with van der Waals surface area (Å²) in [4.78, 5) is 25.3. The van der Waals surface area contributed by atoms with Gasteiger partial charge in [0.15, 0.2) is 9.84 Å². The zero-order valence-corrected chi connectivity index (χ0v) is 11.1. The molecule has 104 valence electrons. The molecule has 0 aromatic heterocycles. The monoisotopic (exact) mass is 278 g/mol. The fraction of sp³-hybridized carbons (Fsp3) is 0.800. The smallest absolute Gasteiger partial charge is 0.323 e. The van der Waals surface area contributed by atoms with Crippen LogP contribution >= 0.6 is 0 Å². The Kier molecular flexibility index (Phi) is 4.94. The van der Waals surface area contributed by atoms with Gasteiger partial charge in [0.25, 0.3) is 0 Å². The molecule has 1 N–H and O–H groups in total. The number of carboxylic acids is 1. The van der Waals surface area contributed by atoms with Gasteiger partial charge in [0, 0.05) is 19.6 Å². The maximum Gasteiger partial charge on any atom is 0.323 e. The van der Waals surface area contributed by atoms with Gasteiger partial charge in [-0.25, -0.2) is 13.2 Å². The molecule has 0 aromatic carbocycles. The van der Waals surface area contributed by atoms with Crippen LogP contribution in [0.2, 0.25) is 0 Å². The molecule has 2 amide bonds. The van der Waals surface area contributed by atoms with Gasteiger partial charge in [-0.15, -0.1) is 0 Å². The summed E-state index contributed by atoms with van der Waals surface area (Å²) in [6.45, 7) is 2.13. The first-order valence-electron chi connectivity index (χ1n) is 5.82. The summed E-state index contributed by atoms with van der Waals surface area (Å²) < 4.78 is 22.5. The maximum absolute atomic E-state index is 12.0. The minimum atomic E-state index is -3.04. The Hall–Kier alpha value is -1.31. The third-order valence-corrected chi connectivity index (χ3v) is 4.31. The number of hydrogen-bond acceptors (Lipinski definition) is 4. The molecule has 7 nitrogen and oxygen atoms in total. The Morgan fingerprint density at radius 2 is 1.83 bits per heavy atom. The van der Waals surface area contributed by atoms with E-state index in [0.29, 0.717) is 13.0 Å². The van der Waals surface area contributed by atoms with Crippen molar-refractivity contribution >= 4 is 21.8 Å². The quantitative estimate of drug-likeness (QED) is 0.757. The van der Waals surface area contributed by atoms with Crippen molar-refractivity contribution in [2.75, 3.05) is 37.7 Å². The predicted octanol–water partition coefficient (Wildman–Crippen LogP) is -0.367. The van der Waals surface area contributed by atoms with Gasteiger partial charge in [-0.1, -0.05) is 6.92 Å². The van der Waals surface area contributed by atoms with Crippen molar-refractivity contribution in [3.63, 3.8) is 0 Å². The standard InChI is InChI=1S/C10H18N2O5S/c1-2-3-12(8-9(13)14)10(15)11-4-6-18(16,17)7-5-11/h2-8H2,1H3,(H,13,14). The van der Waals surface area contributed by atoms with Crippen molar-refractivity contribution in [3.8, 4) is 0 Å². The molecule has 1 heterocycles. The normalized spacial score (nSPS) is 18.4. The summed E-state index contributed by atoms with van der Waals surface area (Å²) in [5.41, 5.74) is 0. The third kappa shape index (κ3) is 4.17. The number of carbonyl (C=O) groups excluding carboxylic acids is 1. The van der Waals surface area contributed by atoms with Crippen molar-refractivity contribution in [3.05, 3.63) is 0 Å². The lowest BCUT2D eigenvalue weighted by atomic mass is 10.4. The highest BCUT2D eigenvalue weighted by Gasteiger charge is 2.28. The highest BCUT2D eigenvalue weighted by atomic mass is 32.2. The highest BCUT2D eigenvalue weighted by Crippen LogP contribution is 2.07.